The Balaban J connectivity index is 2.13. The van der Waals surface area contributed by atoms with Gasteiger partial charge in [0.05, 0.1) is 10.4 Å². The van der Waals surface area contributed by atoms with E-state index in [1.807, 2.05) is 0 Å². The number of hydrogen-bond acceptors (Lipinski definition) is 2. The molecule has 3 rings (SSSR count). The summed E-state index contributed by atoms with van der Waals surface area (Å²) in [7, 11) is 0. The van der Waals surface area contributed by atoms with Crippen molar-refractivity contribution < 1.29 is 18.0 Å². The highest BCUT2D eigenvalue weighted by Crippen LogP contribution is 2.29. The first-order chi connectivity index (χ1) is 9.56. The molecule has 0 aliphatic heterocycles. The summed E-state index contributed by atoms with van der Waals surface area (Å²) in [5, 5.41) is 0.537. The van der Waals surface area contributed by atoms with Crippen LogP contribution in [0.15, 0.2) is 42.5 Å². The van der Waals surface area contributed by atoms with E-state index >= 15 is 0 Å². The van der Waals surface area contributed by atoms with Crippen LogP contribution in [0.2, 0.25) is 0 Å². The van der Waals surface area contributed by atoms with Gasteiger partial charge >= 0.3 is 0 Å². The Bertz CT molecular complexity index is 803. The number of carbonyl (C=O) groups excluding carboxylic acids is 1. The number of halogens is 3. The molecule has 2 aromatic carbocycles. The Morgan fingerprint density at radius 1 is 0.950 bits per heavy atom. The van der Waals surface area contributed by atoms with Crippen LogP contribution in [0.3, 0.4) is 0 Å². The lowest BCUT2D eigenvalue weighted by Crippen LogP contribution is -2.05. The minimum Gasteiger partial charge on any atom is -0.287 e. The van der Waals surface area contributed by atoms with E-state index in [0.717, 1.165) is 23.5 Å². The molecular weight excluding hydrogens is 285 g/mol. The van der Waals surface area contributed by atoms with Crippen LogP contribution in [0, 0.1) is 17.5 Å². The van der Waals surface area contributed by atoms with E-state index < -0.39 is 28.8 Å². The van der Waals surface area contributed by atoms with Crippen LogP contribution in [0.4, 0.5) is 13.2 Å². The van der Waals surface area contributed by atoms with Crippen molar-refractivity contribution >= 4 is 27.2 Å². The molecule has 0 saturated carbocycles. The fraction of sp³-hybridized carbons (Fsp3) is 0. The van der Waals surface area contributed by atoms with Gasteiger partial charge in [-0.05, 0) is 41.8 Å². The molecule has 0 bridgehead atoms. The van der Waals surface area contributed by atoms with Gasteiger partial charge in [0.2, 0.25) is 5.78 Å². The summed E-state index contributed by atoms with van der Waals surface area (Å²) >= 11 is 1.08. The van der Waals surface area contributed by atoms with Gasteiger partial charge in [0, 0.05) is 4.70 Å². The van der Waals surface area contributed by atoms with Crippen molar-refractivity contribution in [3.8, 4) is 0 Å². The molecule has 1 nitrogen and oxygen atoms in total. The van der Waals surface area contributed by atoms with Crippen LogP contribution in [-0.2, 0) is 0 Å². The SMILES string of the molecule is O=C(c1cc2cc(F)ccc2s1)c1c(F)cccc1F. The smallest absolute Gasteiger partial charge is 0.208 e. The molecular formula is C15H7F3OS. The molecule has 100 valence electrons. The van der Waals surface area contributed by atoms with E-state index in [-0.39, 0.29) is 4.88 Å². The van der Waals surface area contributed by atoms with Gasteiger partial charge in [-0.15, -0.1) is 11.3 Å². The first-order valence-electron chi connectivity index (χ1n) is 5.74. The average Bonchev–Trinajstić information content (AvgIpc) is 2.81. The van der Waals surface area contributed by atoms with Crippen LogP contribution < -0.4 is 0 Å². The summed E-state index contributed by atoms with van der Waals surface area (Å²) in [5.41, 5.74) is -0.584. The lowest BCUT2D eigenvalue weighted by Gasteiger charge is -2.01. The molecule has 0 radical (unpaired) electrons. The maximum Gasteiger partial charge on any atom is 0.208 e. The van der Waals surface area contributed by atoms with Crippen LogP contribution in [0.25, 0.3) is 10.1 Å². The van der Waals surface area contributed by atoms with Gasteiger partial charge in [-0.3, -0.25) is 4.79 Å². The average molecular weight is 292 g/mol. The van der Waals surface area contributed by atoms with Gasteiger partial charge in [-0.1, -0.05) is 6.07 Å². The van der Waals surface area contributed by atoms with Crippen LogP contribution in [0.5, 0.6) is 0 Å². The van der Waals surface area contributed by atoms with Crippen molar-refractivity contribution in [1.82, 2.24) is 0 Å². The minimum absolute atomic E-state index is 0.176. The summed E-state index contributed by atoms with van der Waals surface area (Å²) in [6, 6.07) is 8.78. The van der Waals surface area contributed by atoms with Crippen molar-refractivity contribution in [2.24, 2.45) is 0 Å². The largest absolute Gasteiger partial charge is 0.287 e. The van der Waals surface area contributed by atoms with Crippen molar-refractivity contribution in [3.63, 3.8) is 0 Å². The number of fused-ring (bicyclic) bond motifs is 1. The summed E-state index contributed by atoms with van der Waals surface area (Å²) in [6.07, 6.45) is 0. The number of thiophene rings is 1. The molecule has 0 aliphatic carbocycles. The van der Waals surface area contributed by atoms with Crippen molar-refractivity contribution in [2.75, 3.05) is 0 Å². The quantitative estimate of drug-likeness (QED) is 0.633. The summed E-state index contributed by atoms with van der Waals surface area (Å²) in [4.78, 5) is 12.4. The van der Waals surface area contributed by atoms with E-state index in [1.54, 1.807) is 0 Å². The van der Waals surface area contributed by atoms with Gasteiger partial charge < -0.3 is 0 Å². The zero-order valence-electron chi connectivity index (χ0n) is 9.99. The van der Waals surface area contributed by atoms with E-state index in [9.17, 15) is 18.0 Å². The normalized spacial score (nSPS) is 10.9. The molecule has 0 saturated heterocycles. The lowest BCUT2D eigenvalue weighted by atomic mass is 10.1. The number of rotatable bonds is 2. The molecule has 20 heavy (non-hydrogen) atoms. The molecule has 0 amide bonds. The third-order valence-corrected chi connectivity index (χ3v) is 4.01. The second-order valence-electron chi connectivity index (χ2n) is 4.22. The summed E-state index contributed by atoms with van der Waals surface area (Å²) in [5.74, 6) is -2.97. The molecule has 0 N–H and O–H groups in total. The Hall–Kier alpha value is -2.14. The van der Waals surface area contributed by atoms with E-state index in [1.165, 1.54) is 30.3 Å². The molecule has 0 spiro atoms. The fourth-order valence-corrected chi connectivity index (χ4v) is 2.95. The predicted molar refractivity (Wildman–Crippen MR) is 71.6 cm³/mol. The highest BCUT2D eigenvalue weighted by molar-refractivity contribution is 7.21. The van der Waals surface area contributed by atoms with Gasteiger partial charge in [0.1, 0.15) is 17.5 Å². The number of hydrogen-bond donors (Lipinski definition) is 0. The molecule has 0 aliphatic rings. The highest BCUT2D eigenvalue weighted by Gasteiger charge is 2.20. The maximum atomic E-state index is 13.6. The first-order valence-corrected chi connectivity index (χ1v) is 6.56. The van der Waals surface area contributed by atoms with E-state index in [2.05, 4.69) is 0 Å². The Kier molecular flexibility index (Phi) is 3.06. The van der Waals surface area contributed by atoms with E-state index in [4.69, 9.17) is 0 Å². The zero-order chi connectivity index (χ0) is 14.3. The molecule has 1 aromatic heterocycles. The van der Waals surface area contributed by atoms with Crippen molar-refractivity contribution in [1.29, 1.82) is 0 Å². The second kappa shape index (κ2) is 4.76. The molecule has 3 aromatic rings. The van der Waals surface area contributed by atoms with Gasteiger partial charge in [-0.25, -0.2) is 13.2 Å². The Labute approximate surface area is 116 Å². The fourth-order valence-electron chi connectivity index (χ4n) is 1.96. The summed E-state index contributed by atoms with van der Waals surface area (Å²) in [6.45, 7) is 0. The van der Waals surface area contributed by atoms with Gasteiger partial charge in [-0.2, -0.15) is 0 Å². The van der Waals surface area contributed by atoms with E-state index in [0.29, 0.717) is 10.1 Å². The molecule has 0 fully saturated rings. The van der Waals surface area contributed by atoms with Crippen LogP contribution in [0.1, 0.15) is 15.2 Å². The third kappa shape index (κ3) is 2.10. The molecule has 0 atom stereocenters. The standard InChI is InChI=1S/C15H7F3OS/c16-9-4-5-12-8(6-9)7-13(20-12)15(19)14-10(17)2-1-3-11(14)18/h1-7H. The van der Waals surface area contributed by atoms with Gasteiger partial charge in [0.25, 0.3) is 0 Å². The molecule has 1 heterocycles. The predicted octanol–water partition coefficient (Wildman–Crippen LogP) is 4.55. The number of carbonyl (C=O) groups is 1. The van der Waals surface area contributed by atoms with Crippen LogP contribution in [-0.4, -0.2) is 5.78 Å². The third-order valence-electron chi connectivity index (χ3n) is 2.89. The Morgan fingerprint density at radius 3 is 2.35 bits per heavy atom. The van der Waals surface area contributed by atoms with Crippen LogP contribution >= 0.6 is 11.3 Å². The topological polar surface area (TPSA) is 17.1 Å². The summed E-state index contributed by atoms with van der Waals surface area (Å²) < 4.78 is 41.0. The lowest BCUT2D eigenvalue weighted by molar-refractivity contribution is 0.103. The highest BCUT2D eigenvalue weighted by atomic mass is 32.1. The molecule has 0 unspecified atom stereocenters. The first kappa shape index (κ1) is 12.9. The minimum atomic E-state index is -0.904. The van der Waals surface area contributed by atoms with Gasteiger partial charge in [0.15, 0.2) is 0 Å². The number of ketones is 1. The van der Waals surface area contributed by atoms with Crippen molar-refractivity contribution in [2.45, 2.75) is 0 Å². The maximum absolute atomic E-state index is 13.6. The number of benzene rings is 2. The Morgan fingerprint density at radius 2 is 1.65 bits per heavy atom. The molecule has 5 heteroatoms. The monoisotopic (exact) mass is 292 g/mol. The second-order valence-corrected chi connectivity index (χ2v) is 5.30. The zero-order valence-corrected chi connectivity index (χ0v) is 10.8. The van der Waals surface area contributed by atoms with Crippen molar-refractivity contribution in [3.05, 3.63) is 70.4 Å².